The lowest BCUT2D eigenvalue weighted by atomic mass is 10.1. The standard InChI is InChI=1S/C11H15NOS/c1-9-7-10(14-8-9)11(13)12-5-3-2-4-6-12/h7-8H,2-6H2,1H3. The molecule has 0 aromatic carbocycles. The fourth-order valence-electron chi connectivity index (χ4n) is 1.80. The molecule has 1 aromatic heterocycles. The van der Waals surface area contributed by atoms with E-state index in [0.717, 1.165) is 30.8 Å². The quantitative estimate of drug-likeness (QED) is 0.696. The highest BCUT2D eigenvalue weighted by Gasteiger charge is 2.18. The van der Waals surface area contributed by atoms with Crippen molar-refractivity contribution >= 4 is 17.2 Å². The lowest BCUT2D eigenvalue weighted by Crippen LogP contribution is -2.35. The number of thiophene rings is 1. The Labute approximate surface area is 88.5 Å². The summed E-state index contributed by atoms with van der Waals surface area (Å²) in [6.45, 7) is 3.91. The molecule has 0 radical (unpaired) electrons. The maximum absolute atomic E-state index is 11.9. The molecule has 0 unspecified atom stereocenters. The summed E-state index contributed by atoms with van der Waals surface area (Å²) < 4.78 is 0. The summed E-state index contributed by atoms with van der Waals surface area (Å²) in [6, 6.07) is 1.99. The monoisotopic (exact) mass is 209 g/mol. The number of hydrogen-bond acceptors (Lipinski definition) is 2. The van der Waals surface area contributed by atoms with Gasteiger partial charge in [-0.1, -0.05) is 0 Å². The molecule has 1 fully saturated rings. The molecule has 1 saturated heterocycles. The molecule has 0 N–H and O–H groups in total. The maximum atomic E-state index is 11.9. The van der Waals surface area contributed by atoms with Crippen molar-refractivity contribution in [3.8, 4) is 0 Å². The van der Waals surface area contributed by atoms with E-state index in [4.69, 9.17) is 0 Å². The third kappa shape index (κ3) is 1.98. The topological polar surface area (TPSA) is 20.3 Å². The van der Waals surface area contributed by atoms with Crippen LogP contribution in [0.1, 0.15) is 34.5 Å². The SMILES string of the molecule is Cc1csc(C(=O)N2CCCCC2)c1. The summed E-state index contributed by atoms with van der Waals surface area (Å²) in [7, 11) is 0. The lowest BCUT2D eigenvalue weighted by Gasteiger charge is -2.26. The van der Waals surface area contributed by atoms with E-state index in [1.165, 1.54) is 12.0 Å². The zero-order chi connectivity index (χ0) is 9.97. The van der Waals surface area contributed by atoms with Crippen molar-refractivity contribution in [2.75, 3.05) is 13.1 Å². The Morgan fingerprint density at radius 3 is 2.64 bits per heavy atom. The fourth-order valence-corrected chi connectivity index (χ4v) is 2.66. The van der Waals surface area contributed by atoms with E-state index in [9.17, 15) is 4.79 Å². The number of hydrogen-bond donors (Lipinski definition) is 0. The number of aryl methyl sites for hydroxylation is 1. The van der Waals surface area contributed by atoms with Crippen molar-refractivity contribution in [1.82, 2.24) is 4.90 Å². The van der Waals surface area contributed by atoms with Crippen molar-refractivity contribution in [1.29, 1.82) is 0 Å². The van der Waals surface area contributed by atoms with E-state index in [1.54, 1.807) is 11.3 Å². The normalized spacial score (nSPS) is 17.1. The minimum Gasteiger partial charge on any atom is -0.338 e. The Hall–Kier alpha value is -0.830. The molecule has 0 aliphatic carbocycles. The second-order valence-electron chi connectivity index (χ2n) is 3.84. The summed E-state index contributed by atoms with van der Waals surface area (Å²) in [5.41, 5.74) is 1.19. The van der Waals surface area contributed by atoms with Gasteiger partial charge >= 0.3 is 0 Å². The van der Waals surface area contributed by atoms with Crippen LogP contribution in [0.3, 0.4) is 0 Å². The Kier molecular flexibility index (Phi) is 2.87. The van der Waals surface area contributed by atoms with E-state index >= 15 is 0 Å². The fraction of sp³-hybridized carbons (Fsp3) is 0.545. The van der Waals surface area contributed by atoms with Gasteiger partial charge in [-0.25, -0.2) is 0 Å². The number of carbonyl (C=O) groups excluding carboxylic acids is 1. The van der Waals surface area contributed by atoms with Crippen LogP contribution in [0.4, 0.5) is 0 Å². The highest BCUT2D eigenvalue weighted by Crippen LogP contribution is 2.18. The Balaban J connectivity index is 2.07. The zero-order valence-electron chi connectivity index (χ0n) is 8.45. The van der Waals surface area contributed by atoms with Crippen LogP contribution in [0.2, 0.25) is 0 Å². The molecule has 1 aromatic rings. The van der Waals surface area contributed by atoms with Crippen molar-refractivity contribution in [3.63, 3.8) is 0 Å². The van der Waals surface area contributed by atoms with E-state index in [0.29, 0.717) is 0 Å². The van der Waals surface area contributed by atoms with Crippen molar-refractivity contribution in [2.24, 2.45) is 0 Å². The minimum atomic E-state index is 0.225. The molecule has 1 aliphatic rings. The molecule has 0 bridgehead atoms. The van der Waals surface area contributed by atoms with Crippen LogP contribution in [0, 0.1) is 6.92 Å². The molecule has 0 spiro atoms. The van der Waals surface area contributed by atoms with Crippen molar-refractivity contribution < 1.29 is 4.79 Å². The van der Waals surface area contributed by atoms with E-state index in [2.05, 4.69) is 0 Å². The number of carbonyl (C=O) groups is 1. The van der Waals surface area contributed by atoms with Crippen LogP contribution in [-0.4, -0.2) is 23.9 Å². The van der Waals surface area contributed by atoms with Gasteiger partial charge in [0, 0.05) is 13.1 Å². The molecular weight excluding hydrogens is 194 g/mol. The number of piperidine rings is 1. The summed E-state index contributed by atoms with van der Waals surface area (Å²) >= 11 is 1.56. The van der Waals surface area contributed by atoms with Gasteiger partial charge in [-0.15, -0.1) is 11.3 Å². The van der Waals surface area contributed by atoms with Gasteiger partial charge in [-0.3, -0.25) is 4.79 Å². The van der Waals surface area contributed by atoms with Gasteiger partial charge in [0.15, 0.2) is 0 Å². The van der Waals surface area contributed by atoms with Crippen molar-refractivity contribution in [3.05, 3.63) is 21.9 Å². The first-order chi connectivity index (χ1) is 6.77. The first-order valence-electron chi connectivity index (χ1n) is 5.12. The summed E-state index contributed by atoms with van der Waals surface area (Å²) in [5, 5.41) is 2.04. The summed E-state index contributed by atoms with van der Waals surface area (Å²) in [5.74, 6) is 0.225. The van der Waals surface area contributed by atoms with Crippen molar-refractivity contribution in [2.45, 2.75) is 26.2 Å². The minimum absolute atomic E-state index is 0.225. The molecule has 2 nitrogen and oxygen atoms in total. The van der Waals surface area contributed by atoms with Crippen LogP contribution in [0.15, 0.2) is 11.4 Å². The predicted octanol–water partition coefficient (Wildman–Crippen LogP) is 2.68. The van der Waals surface area contributed by atoms with Gasteiger partial charge in [-0.2, -0.15) is 0 Å². The van der Waals surface area contributed by atoms with Crippen LogP contribution >= 0.6 is 11.3 Å². The molecular formula is C11H15NOS. The first kappa shape index (κ1) is 9.71. The van der Waals surface area contributed by atoms with Crippen LogP contribution in [0.25, 0.3) is 0 Å². The molecule has 0 saturated carbocycles. The molecule has 14 heavy (non-hydrogen) atoms. The molecule has 76 valence electrons. The molecule has 1 amide bonds. The smallest absolute Gasteiger partial charge is 0.263 e. The van der Waals surface area contributed by atoms with Gasteiger partial charge in [0.2, 0.25) is 0 Å². The van der Waals surface area contributed by atoms with Crippen LogP contribution in [-0.2, 0) is 0 Å². The third-order valence-electron chi connectivity index (χ3n) is 2.58. The highest BCUT2D eigenvalue weighted by molar-refractivity contribution is 7.12. The zero-order valence-corrected chi connectivity index (χ0v) is 9.27. The third-order valence-corrected chi connectivity index (χ3v) is 3.62. The first-order valence-corrected chi connectivity index (χ1v) is 6.00. The molecule has 2 heterocycles. The molecule has 1 aliphatic heterocycles. The molecule has 2 rings (SSSR count). The van der Waals surface area contributed by atoms with E-state index < -0.39 is 0 Å². The lowest BCUT2D eigenvalue weighted by molar-refractivity contribution is 0.0729. The number of nitrogens with zero attached hydrogens (tertiary/aromatic N) is 1. The Morgan fingerprint density at radius 1 is 1.36 bits per heavy atom. The van der Waals surface area contributed by atoms with E-state index in [1.807, 2.05) is 23.3 Å². The average molecular weight is 209 g/mol. The maximum Gasteiger partial charge on any atom is 0.263 e. The average Bonchev–Trinajstić information content (AvgIpc) is 2.65. The predicted molar refractivity (Wildman–Crippen MR) is 58.8 cm³/mol. The van der Waals surface area contributed by atoms with Gasteiger partial charge in [0.1, 0.15) is 0 Å². The summed E-state index contributed by atoms with van der Waals surface area (Å²) in [6.07, 6.45) is 3.60. The van der Waals surface area contributed by atoms with Crippen LogP contribution in [0.5, 0.6) is 0 Å². The second kappa shape index (κ2) is 4.13. The highest BCUT2D eigenvalue weighted by atomic mass is 32.1. The Bertz CT molecular complexity index is 326. The Morgan fingerprint density at radius 2 is 2.07 bits per heavy atom. The second-order valence-corrected chi connectivity index (χ2v) is 4.75. The number of rotatable bonds is 1. The molecule has 0 atom stereocenters. The van der Waals surface area contributed by atoms with Gasteiger partial charge in [0.25, 0.3) is 5.91 Å². The summed E-state index contributed by atoms with van der Waals surface area (Å²) in [4.78, 5) is 14.8. The van der Waals surface area contributed by atoms with Crippen LogP contribution < -0.4 is 0 Å². The van der Waals surface area contributed by atoms with Gasteiger partial charge in [-0.05, 0) is 43.2 Å². The van der Waals surface area contributed by atoms with Gasteiger partial charge < -0.3 is 4.90 Å². The largest absolute Gasteiger partial charge is 0.338 e. The number of likely N-dealkylation sites (tertiary alicyclic amines) is 1. The molecule has 3 heteroatoms. The van der Waals surface area contributed by atoms with E-state index in [-0.39, 0.29) is 5.91 Å². The van der Waals surface area contributed by atoms with Gasteiger partial charge in [0.05, 0.1) is 4.88 Å². The number of amides is 1.